The maximum absolute atomic E-state index is 12.4. The van der Waals surface area contributed by atoms with Crippen LogP contribution in [0.25, 0.3) is 16.8 Å². The fourth-order valence-corrected chi connectivity index (χ4v) is 3.11. The van der Waals surface area contributed by atoms with Gasteiger partial charge in [0, 0.05) is 12.5 Å². The van der Waals surface area contributed by atoms with E-state index in [9.17, 15) is 9.59 Å². The minimum Gasteiger partial charge on any atom is -0.493 e. The summed E-state index contributed by atoms with van der Waals surface area (Å²) in [5, 5.41) is 1.98. The van der Waals surface area contributed by atoms with Crippen LogP contribution in [0.3, 0.4) is 0 Å². The number of aliphatic imine (C=N–C) groups is 1. The number of benzene rings is 3. The van der Waals surface area contributed by atoms with Crippen molar-refractivity contribution in [2.24, 2.45) is 4.99 Å². The summed E-state index contributed by atoms with van der Waals surface area (Å²) in [4.78, 5) is 28.1. The van der Waals surface area contributed by atoms with Crippen LogP contribution in [0.2, 0.25) is 0 Å². The molecule has 0 N–H and O–H groups in total. The highest BCUT2D eigenvalue weighted by molar-refractivity contribution is 6.17. The second-order valence-electron chi connectivity index (χ2n) is 6.37. The highest BCUT2D eigenvalue weighted by atomic mass is 16.6. The fraction of sp³-hybridized carbons (Fsp3) is 0.0870. The standard InChI is InChI=1S/C23H17NO5/c1-14(25)28-21-13-15(10-11-20(21)27-2)12-19-23(26)29-22(24-19)18-9-5-7-16-6-3-4-8-17(16)18/h3-13H,1-2H3/b19-12+. The summed E-state index contributed by atoms with van der Waals surface area (Å²) in [7, 11) is 1.48. The third-order valence-corrected chi connectivity index (χ3v) is 4.39. The van der Waals surface area contributed by atoms with Gasteiger partial charge in [0.25, 0.3) is 0 Å². The van der Waals surface area contributed by atoms with E-state index in [4.69, 9.17) is 14.2 Å². The van der Waals surface area contributed by atoms with Crippen LogP contribution in [-0.4, -0.2) is 24.9 Å². The van der Waals surface area contributed by atoms with Crippen LogP contribution in [0.4, 0.5) is 0 Å². The first-order valence-electron chi connectivity index (χ1n) is 8.92. The van der Waals surface area contributed by atoms with Crippen molar-refractivity contribution >= 4 is 34.7 Å². The molecule has 0 saturated heterocycles. The summed E-state index contributed by atoms with van der Waals surface area (Å²) < 4.78 is 15.8. The molecule has 6 heteroatoms. The van der Waals surface area contributed by atoms with Gasteiger partial charge >= 0.3 is 11.9 Å². The average molecular weight is 387 g/mol. The van der Waals surface area contributed by atoms with Crippen LogP contribution in [0.5, 0.6) is 11.5 Å². The van der Waals surface area contributed by atoms with Crippen molar-refractivity contribution in [1.29, 1.82) is 0 Å². The van der Waals surface area contributed by atoms with Crippen molar-refractivity contribution in [2.45, 2.75) is 6.92 Å². The molecule has 0 aliphatic carbocycles. The van der Waals surface area contributed by atoms with Crippen LogP contribution < -0.4 is 9.47 Å². The fourth-order valence-electron chi connectivity index (χ4n) is 3.11. The predicted octanol–water partition coefficient (Wildman–Crippen LogP) is 4.12. The molecule has 0 amide bonds. The van der Waals surface area contributed by atoms with Crippen LogP contribution in [0.15, 0.2) is 71.4 Å². The summed E-state index contributed by atoms with van der Waals surface area (Å²) in [5.74, 6) is -0.0792. The number of esters is 2. The van der Waals surface area contributed by atoms with Crippen molar-refractivity contribution in [3.8, 4) is 11.5 Å². The Hall–Kier alpha value is -3.93. The highest BCUT2D eigenvalue weighted by Gasteiger charge is 2.25. The van der Waals surface area contributed by atoms with Crippen molar-refractivity contribution in [3.05, 3.63) is 77.5 Å². The number of carbonyl (C=O) groups excluding carboxylic acids is 2. The topological polar surface area (TPSA) is 74.2 Å². The Labute approximate surface area is 167 Å². The van der Waals surface area contributed by atoms with Gasteiger partial charge in [-0.1, -0.05) is 42.5 Å². The number of hydrogen-bond donors (Lipinski definition) is 0. The number of hydrogen-bond acceptors (Lipinski definition) is 6. The van der Waals surface area contributed by atoms with Gasteiger partial charge in [0.05, 0.1) is 7.11 Å². The van der Waals surface area contributed by atoms with Gasteiger partial charge in [0.2, 0.25) is 5.90 Å². The zero-order valence-corrected chi connectivity index (χ0v) is 15.8. The first-order chi connectivity index (χ1) is 14.0. The molecule has 0 aromatic heterocycles. The molecule has 1 heterocycles. The first kappa shape index (κ1) is 18.4. The third kappa shape index (κ3) is 3.73. The number of cyclic esters (lactones) is 1. The van der Waals surface area contributed by atoms with Gasteiger partial charge < -0.3 is 14.2 Å². The normalized spacial score (nSPS) is 14.6. The van der Waals surface area contributed by atoms with E-state index in [2.05, 4.69) is 4.99 Å². The lowest BCUT2D eigenvalue weighted by Gasteiger charge is -2.08. The Morgan fingerprint density at radius 3 is 2.62 bits per heavy atom. The second kappa shape index (κ2) is 7.59. The van der Waals surface area contributed by atoms with Gasteiger partial charge in [0.1, 0.15) is 0 Å². The molecule has 0 atom stereocenters. The number of methoxy groups -OCH3 is 1. The minimum atomic E-state index is -0.544. The van der Waals surface area contributed by atoms with Gasteiger partial charge in [-0.15, -0.1) is 0 Å². The highest BCUT2D eigenvalue weighted by Crippen LogP contribution is 2.30. The largest absolute Gasteiger partial charge is 0.493 e. The minimum absolute atomic E-state index is 0.159. The molecule has 29 heavy (non-hydrogen) atoms. The summed E-state index contributed by atoms with van der Waals surface area (Å²) >= 11 is 0. The van der Waals surface area contributed by atoms with E-state index in [0.717, 1.165) is 16.3 Å². The predicted molar refractivity (Wildman–Crippen MR) is 109 cm³/mol. The van der Waals surface area contributed by atoms with Gasteiger partial charge in [-0.3, -0.25) is 4.79 Å². The molecule has 0 radical (unpaired) electrons. The number of fused-ring (bicyclic) bond motifs is 1. The smallest absolute Gasteiger partial charge is 0.363 e. The molecular weight excluding hydrogens is 370 g/mol. The Morgan fingerprint density at radius 2 is 1.83 bits per heavy atom. The number of rotatable bonds is 4. The first-order valence-corrected chi connectivity index (χ1v) is 8.92. The Bertz CT molecular complexity index is 1190. The molecule has 3 aromatic rings. The number of ether oxygens (including phenoxy) is 3. The van der Waals surface area contributed by atoms with Crippen LogP contribution in [0, 0.1) is 0 Å². The summed E-state index contributed by atoms with van der Waals surface area (Å²) in [6.07, 6.45) is 1.58. The number of nitrogens with zero attached hydrogens (tertiary/aromatic N) is 1. The van der Waals surface area contributed by atoms with Crippen molar-refractivity contribution in [1.82, 2.24) is 0 Å². The monoisotopic (exact) mass is 387 g/mol. The Kier molecular flexibility index (Phi) is 4.83. The van der Waals surface area contributed by atoms with E-state index in [-0.39, 0.29) is 17.3 Å². The second-order valence-corrected chi connectivity index (χ2v) is 6.37. The molecular formula is C23H17NO5. The van der Waals surface area contributed by atoms with Crippen molar-refractivity contribution < 1.29 is 23.8 Å². The lowest BCUT2D eigenvalue weighted by atomic mass is 10.0. The molecule has 1 aliphatic heterocycles. The van der Waals surface area contributed by atoms with Crippen LogP contribution >= 0.6 is 0 Å². The quantitative estimate of drug-likeness (QED) is 0.382. The van der Waals surface area contributed by atoms with Gasteiger partial charge in [-0.05, 0) is 40.6 Å². The van der Waals surface area contributed by atoms with E-state index in [1.54, 1.807) is 24.3 Å². The molecule has 1 aliphatic rings. The van der Waals surface area contributed by atoms with E-state index >= 15 is 0 Å². The zero-order valence-electron chi connectivity index (χ0n) is 15.8. The average Bonchev–Trinajstić information content (AvgIpc) is 3.07. The van der Waals surface area contributed by atoms with Crippen LogP contribution in [-0.2, 0) is 14.3 Å². The third-order valence-electron chi connectivity index (χ3n) is 4.39. The molecule has 0 saturated carbocycles. The molecule has 0 bridgehead atoms. The molecule has 0 unspecified atom stereocenters. The van der Waals surface area contributed by atoms with Crippen LogP contribution in [0.1, 0.15) is 18.1 Å². The van der Waals surface area contributed by atoms with Crippen molar-refractivity contribution in [3.63, 3.8) is 0 Å². The lowest BCUT2D eigenvalue weighted by Crippen LogP contribution is -2.06. The summed E-state index contributed by atoms with van der Waals surface area (Å²) in [6.45, 7) is 1.31. The van der Waals surface area contributed by atoms with Gasteiger partial charge in [-0.25, -0.2) is 9.79 Å². The number of carbonyl (C=O) groups is 2. The maximum atomic E-state index is 12.4. The molecule has 0 fully saturated rings. The summed E-state index contributed by atoms with van der Waals surface area (Å²) in [5.41, 5.74) is 1.53. The van der Waals surface area contributed by atoms with E-state index in [1.165, 1.54) is 14.0 Å². The molecule has 144 valence electrons. The van der Waals surface area contributed by atoms with E-state index in [0.29, 0.717) is 11.3 Å². The molecule has 4 rings (SSSR count). The zero-order chi connectivity index (χ0) is 20.4. The SMILES string of the molecule is COc1ccc(/C=C2/N=C(c3cccc4ccccc34)OC2=O)cc1OC(C)=O. The lowest BCUT2D eigenvalue weighted by molar-refractivity contribution is -0.132. The van der Waals surface area contributed by atoms with Gasteiger partial charge in [-0.2, -0.15) is 0 Å². The Balaban J connectivity index is 1.72. The van der Waals surface area contributed by atoms with Crippen molar-refractivity contribution in [2.75, 3.05) is 7.11 Å². The van der Waals surface area contributed by atoms with Gasteiger partial charge in [0.15, 0.2) is 17.2 Å². The van der Waals surface area contributed by atoms with E-state index in [1.807, 2.05) is 42.5 Å². The Morgan fingerprint density at radius 1 is 1.03 bits per heavy atom. The molecule has 6 nitrogen and oxygen atoms in total. The molecule has 0 spiro atoms. The summed E-state index contributed by atoms with van der Waals surface area (Å²) in [6, 6.07) is 18.6. The maximum Gasteiger partial charge on any atom is 0.363 e. The molecule has 3 aromatic carbocycles. The van der Waals surface area contributed by atoms with E-state index < -0.39 is 11.9 Å².